The number of amides is 1. The van der Waals surface area contributed by atoms with Crippen LogP contribution in [0.15, 0.2) is 18.2 Å². The Bertz CT molecular complexity index is 588. The Morgan fingerprint density at radius 3 is 2.61 bits per heavy atom. The molecule has 0 heterocycles. The molecule has 1 unspecified atom stereocenters. The highest BCUT2D eigenvalue weighted by Crippen LogP contribution is 2.29. The van der Waals surface area contributed by atoms with Gasteiger partial charge in [0.1, 0.15) is 0 Å². The molecule has 1 aromatic rings. The maximum Gasteiger partial charge on any atom is 0.263 e. The predicted octanol–water partition coefficient (Wildman–Crippen LogP) is 3.13. The molecule has 1 fully saturated rings. The van der Waals surface area contributed by atoms with Gasteiger partial charge in [-0.3, -0.25) is 4.79 Å². The molecule has 0 saturated heterocycles. The molecule has 1 aliphatic rings. The molecular weight excluding hydrogens is 292 g/mol. The third-order valence-electron chi connectivity index (χ3n) is 4.41. The normalized spacial score (nSPS) is 16.3. The van der Waals surface area contributed by atoms with E-state index in [2.05, 4.69) is 6.07 Å². The summed E-state index contributed by atoms with van der Waals surface area (Å²) in [7, 11) is 3.37. The van der Waals surface area contributed by atoms with Crippen molar-refractivity contribution in [2.45, 2.75) is 51.2 Å². The summed E-state index contributed by atoms with van der Waals surface area (Å²) in [5.74, 6) is 0.914. The van der Waals surface area contributed by atoms with E-state index in [-0.39, 0.29) is 5.91 Å². The summed E-state index contributed by atoms with van der Waals surface area (Å²) in [6.07, 6.45) is 5.16. The van der Waals surface area contributed by atoms with E-state index in [0.717, 1.165) is 12.8 Å². The van der Waals surface area contributed by atoms with Gasteiger partial charge < -0.3 is 14.4 Å². The average Bonchev–Trinajstić information content (AvgIpc) is 2.61. The number of likely N-dealkylation sites (N-methyl/N-ethyl adjacent to an activating group) is 1. The fourth-order valence-corrected chi connectivity index (χ4v) is 3.01. The number of rotatable bonds is 5. The first-order valence-corrected chi connectivity index (χ1v) is 8.08. The molecule has 1 aromatic carbocycles. The van der Waals surface area contributed by atoms with Gasteiger partial charge >= 0.3 is 0 Å². The van der Waals surface area contributed by atoms with Crippen molar-refractivity contribution in [3.8, 4) is 17.6 Å². The molecule has 1 saturated carbocycles. The number of benzene rings is 1. The second-order valence-corrected chi connectivity index (χ2v) is 5.98. The molecule has 23 heavy (non-hydrogen) atoms. The van der Waals surface area contributed by atoms with Crippen molar-refractivity contribution in [1.29, 1.82) is 5.26 Å². The zero-order chi connectivity index (χ0) is 16.8. The van der Waals surface area contributed by atoms with Gasteiger partial charge in [0.15, 0.2) is 17.6 Å². The topological polar surface area (TPSA) is 62.6 Å². The molecule has 5 heteroatoms. The van der Waals surface area contributed by atoms with Gasteiger partial charge in [0, 0.05) is 19.2 Å². The van der Waals surface area contributed by atoms with E-state index in [1.807, 2.05) is 11.9 Å². The van der Waals surface area contributed by atoms with Crippen molar-refractivity contribution in [2.75, 3.05) is 14.2 Å². The van der Waals surface area contributed by atoms with Gasteiger partial charge in [0.25, 0.3) is 5.91 Å². The number of nitriles is 1. The molecule has 0 aromatic heterocycles. The second kappa shape index (κ2) is 7.87. The summed E-state index contributed by atoms with van der Waals surface area (Å²) < 4.78 is 11.0. The van der Waals surface area contributed by atoms with E-state index in [1.54, 1.807) is 25.1 Å². The standard InChI is InChI=1S/C18H24N2O3/c1-13(18(21)20(2)15-7-5-4-6-8-15)23-16-10-9-14(12-19)11-17(16)22-3/h9-11,13,15H,4-8H2,1-3H3. The molecule has 1 atom stereocenters. The number of methoxy groups -OCH3 is 1. The second-order valence-electron chi connectivity index (χ2n) is 5.98. The van der Waals surface area contributed by atoms with Crippen LogP contribution in [-0.2, 0) is 4.79 Å². The fraction of sp³-hybridized carbons (Fsp3) is 0.556. The predicted molar refractivity (Wildman–Crippen MR) is 87.4 cm³/mol. The van der Waals surface area contributed by atoms with Crippen LogP contribution in [0, 0.1) is 11.3 Å². The van der Waals surface area contributed by atoms with Crippen LogP contribution in [0.5, 0.6) is 11.5 Å². The monoisotopic (exact) mass is 316 g/mol. The van der Waals surface area contributed by atoms with E-state index in [1.165, 1.54) is 26.4 Å². The fourth-order valence-electron chi connectivity index (χ4n) is 3.01. The molecule has 124 valence electrons. The number of carbonyl (C=O) groups is 1. The molecule has 0 bridgehead atoms. The summed E-state index contributed by atoms with van der Waals surface area (Å²) in [6.45, 7) is 1.75. The number of hydrogen-bond donors (Lipinski definition) is 0. The Morgan fingerprint density at radius 1 is 1.30 bits per heavy atom. The lowest BCUT2D eigenvalue weighted by Crippen LogP contribution is -2.44. The van der Waals surface area contributed by atoms with Crippen LogP contribution in [0.2, 0.25) is 0 Å². The molecule has 2 rings (SSSR count). The van der Waals surface area contributed by atoms with Crippen LogP contribution in [-0.4, -0.2) is 37.1 Å². The molecule has 0 spiro atoms. The van der Waals surface area contributed by atoms with E-state index < -0.39 is 6.10 Å². The number of nitrogens with zero attached hydrogens (tertiary/aromatic N) is 2. The summed E-state index contributed by atoms with van der Waals surface area (Å²) in [5, 5.41) is 8.93. The van der Waals surface area contributed by atoms with Gasteiger partial charge in [-0.25, -0.2) is 0 Å². The summed E-state index contributed by atoms with van der Waals surface area (Å²) >= 11 is 0. The molecule has 0 N–H and O–H groups in total. The molecular formula is C18H24N2O3. The van der Waals surface area contributed by atoms with Crippen LogP contribution in [0.4, 0.5) is 0 Å². The third-order valence-corrected chi connectivity index (χ3v) is 4.41. The van der Waals surface area contributed by atoms with Crippen molar-refractivity contribution >= 4 is 5.91 Å². The summed E-state index contributed by atoms with van der Waals surface area (Å²) in [5.41, 5.74) is 0.493. The highest BCUT2D eigenvalue weighted by atomic mass is 16.5. The van der Waals surface area contributed by atoms with Crippen LogP contribution in [0.3, 0.4) is 0 Å². The number of hydrogen-bond acceptors (Lipinski definition) is 4. The van der Waals surface area contributed by atoms with Crippen molar-refractivity contribution in [1.82, 2.24) is 4.90 Å². The minimum absolute atomic E-state index is 0.0247. The Kier molecular flexibility index (Phi) is 5.86. The zero-order valence-electron chi connectivity index (χ0n) is 14.0. The first kappa shape index (κ1) is 17.1. The van der Waals surface area contributed by atoms with E-state index in [0.29, 0.717) is 23.1 Å². The average molecular weight is 316 g/mol. The summed E-state index contributed by atoms with van der Waals surface area (Å²) in [6, 6.07) is 7.30. The van der Waals surface area contributed by atoms with Gasteiger partial charge in [0.2, 0.25) is 0 Å². The van der Waals surface area contributed by atoms with E-state index in [4.69, 9.17) is 14.7 Å². The SMILES string of the molecule is COc1cc(C#N)ccc1OC(C)C(=O)N(C)C1CCCCC1. The number of carbonyl (C=O) groups excluding carboxylic acids is 1. The lowest BCUT2D eigenvalue weighted by atomic mass is 9.94. The zero-order valence-corrected chi connectivity index (χ0v) is 14.0. The molecule has 0 aliphatic heterocycles. The Morgan fingerprint density at radius 2 is 2.00 bits per heavy atom. The van der Waals surface area contributed by atoms with Crippen LogP contribution < -0.4 is 9.47 Å². The maximum atomic E-state index is 12.6. The molecule has 1 aliphatic carbocycles. The van der Waals surface area contributed by atoms with Gasteiger partial charge in [-0.2, -0.15) is 5.26 Å². The largest absolute Gasteiger partial charge is 0.493 e. The first-order chi connectivity index (χ1) is 11.1. The summed E-state index contributed by atoms with van der Waals surface area (Å²) in [4.78, 5) is 14.4. The first-order valence-electron chi connectivity index (χ1n) is 8.08. The van der Waals surface area contributed by atoms with Crippen molar-refractivity contribution in [3.05, 3.63) is 23.8 Å². The van der Waals surface area contributed by atoms with Crippen LogP contribution in [0.1, 0.15) is 44.6 Å². The van der Waals surface area contributed by atoms with Crippen molar-refractivity contribution < 1.29 is 14.3 Å². The van der Waals surface area contributed by atoms with Crippen molar-refractivity contribution in [3.63, 3.8) is 0 Å². The van der Waals surface area contributed by atoms with E-state index >= 15 is 0 Å². The maximum absolute atomic E-state index is 12.6. The van der Waals surface area contributed by atoms with Crippen LogP contribution >= 0.6 is 0 Å². The lowest BCUT2D eigenvalue weighted by molar-refractivity contribution is -0.139. The molecule has 5 nitrogen and oxygen atoms in total. The minimum atomic E-state index is -0.594. The van der Waals surface area contributed by atoms with Gasteiger partial charge in [0.05, 0.1) is 18.7 Å². The smallest absolute Gasteiger partial charge is 0.263 e. The van der Waals surface area contributed by atoms with Crippen molar-refractivity contribution in [2.24, 2.45) is 0 Å². The third kappa shape index (κ3) is 4.16. The Balaban J connectivity index is 2.04. The van der Waals surface area contributed by atoms with Gasteiger partial charge in [-0.15, -0.1) is 0 Å². The highest BCUT2D eigenvalue weighted by Gasteiger charge is 2.27. The van der Waals surface area contributed by atoms with Gasteiger partial charge in [-0.1, -0.05) is 19.3 Å². The van der Waals surface area contributed by atoms with Crippen LogP contribution in [0.25, 0.3) is 0 Å². The molecule has 0 radical (unpaired) electrons. The lowest BCUT2D eigenvalue weighted by Gasteiger charge is -2.33. The molecule has 1 amide bonds. The van der Waals surface area contributed by atoms with E-state index in [9.17, 15) is 4.79 Å². The Labute approximate surface area is 137 Å². The quantitative estimate of drug-likeness (QED) is 0.837. The Hall–Kier alpha value is -2.22. The van der Waals surface area contributed by atoms with Gasteiger partial charge in [-0.05, 0) is 31.9 Å². The number of ether oxygens (including phenoxy) is 2. The highest BCUT2D eigenvalue weighted by molar-refractivity contribution is 5.81. The minimum Gasteiger partial charge on any atom is -0.493 e.